The van der Waals surface area contributed by atoms with Crippen LogP contribution in [0.15, 0.2) is 60.9 Å². The van der Waals surface area contributed by atoms with E-state index >= 15 is 0 Å². The molecule has 0 bridgehead atoms. The molecule has 2 aromatic carbocycles. The fourth-order valence-electron chi connectivity index (χ4n) is 4.08. The second kappa shape index (κ2) is 12.0. The molecule has 212 valence electrons. The number of para-hydroxylation sites is 2. The van der Waals surface area contributed by atoms with Crippen molar-refractivity contribution in [3.8, 4) is 0 Å². The van der Waals surface area contributed by atoms with Crippen molar-refractivity contribution in [2.75, 3.05) is 10.6 Å². The van der Waals surface area contributed by atoms with E-state index in [1.54, 1.807) is 12.1 Å². The highest BCUT2D eigenvalue weighted by molar-refractivity contribution is 6.44. The van der Waals surface area contributed by atoms with E-state index in [0.717, 1.165) is 0 Å². The van der Waals surface area contributed by atoms with Gasteiger partial charge in [0.15, 0.2) is 0 Å². The summed E-state index contributed by atoms with van der Waals surface area (Å²) in [5.41, 5.74) is 0.684. The molecule has 3 heterocycles. The van der Waals surface area contributed by atoms with Crippen LogP contribution in [0, 0.1) is 0 Å². The molecule has 4 N–H and O–H groups in total. The molecule has 0 saturated heterocycles. The predicted octanol–water partition coefficient (Wildman–Crippen LogP) is -0.541. The molecule has 42 heavy (non-hydrogen) atoms. The molecule has 0 radical (unpaired) electrons. The van der Waals surface area contributed by atoms with Crippen molar-refractivity contribution >= 4 is 46.6 Å². The van der Waals surface area contributed by atoms with Crippen LogP contribution < -0.4 is 21.3 Å². The second-order valence-electron chi connectivity index (χ2n) is 8.98. The van der Waals surface area contributed by atoms with Crippen LogP contribution in [-0.4, -0.2) is 65.2 Å². The number of aromatic nitrogens is 6. The number of benzene rings is 2. The maximum Gasteiger partial charge on any atom is 0.292 e. The molecule has 16 nitrogen and oxygen atoms in total. The van der Waals surface area contributed by atoms with E-state index in [1.807, 2.05) is 0 Å². The maximum absolute atomic E-state index is 13.0. The molecule has 0 atom stereocenters. The van der Waals surface area contributed by atoms with Gasteiger partial charge < -0.3 is 21.3 Å². The molecule has 2 aromatic heterocycles. The molecular formula is C26H22N10O6. The van der Waals surface area contributed by atoms with Gasteiger partial charge in [-0.05, 0) is 24.3 Å². The number of carbonyl (C=O) groups is 6. The number of carbonyl (C=O) groups excluding carboxylic acids is 6. The third-order valence-corrected chi connectivity index (χ3v) is 6.15. The standard InChI is InChI=1S/C26H22N10O6/c37-21-13-35-16(12-30-33-35)10-28-26(42)24(40)18-6-2-4-8-20(18)32-22(38)14-36-15(11-29-34-36)9-27-25(41)23(39)17-5-1-3-7-19(17)31-21/h1-8,11-12H,9-10,13-14H2,(H,27,41)(H,28,42)(H,31,37)(H,32,38). The number of hydrogen-bond acceptors (Lipinski definition) is 10. The first-order valence-electron chi connectivity index (χ1n) is 12.5. The number of hydrogen-bond donors (Lipinski definition) is 4. The molecule has 4 amide bonds. The van der Waals surface area contributed by atoms with E-state index in [2.05, 4.69) is 41.9 Å². The van der Waals surface area contributed by atoms with E-state index < -0.39 is 35.2 Å². The SMILES string of the molecule is O=C1Cn2nncc2CNC(=O)C(=O)c2ccccc2NC(=O)Cn2nncc2CNC(=O)C(=O)c2ccccc2N1. The summed E-state index contributed by atoms with van der Waals surface area (Å²) in [5, 5.41) is 25.3. The monoisotopic (exact) mass is 570 g/mol. The lowest BCUT2D eigenvalue weighted by Gasteiger charge is -2.13. The van der Waals surface area contributed by atoms with Crippen LogP contribution in [0.2, 0.25) is 0 Å². The Balaban J connectivity index is 1.45. The van der Waals surface area contributed by atoms with Crippen molar-refractivity contribution in [1.82, 2.24) is 40.6 Å². The summed E-state index contributed by atoms with van der Waals surface area (Å²) < 4.78 is 2.41. The number of nitrogens with zero attached hydrogens (tertiary/aromatic N) is 6. The highest BCUT2D eigenvalue weighted by Crippen LogP contribution is 2.18. The van der Waals surface area contributed by atoms with Crippen molar-refractivity contribution < 1.29 is 28.8 Å². The van der Waals surface area contributed by atoms with Crippen LogP contribution in [0.3, 0.4) is 0 Å². The number of ketones is 2. The first kappa shape index (κ1) is 27.5. The van der Waals surface area contributed by atoms with Crippen LogP contribution >= 0.6 is 0 Å². The third-order valence-electron chi connectivity index (χ3n) is 6.15. The lowest BCUT2D eigenvalue weighted by molar-refractivity contribution is -0.118. The smallest absolute Gasteiger partial charge is 0.292 e. The molecule has 4 aromatic rings. The molecule has 5 rings (SSSR count). The number of anilines is 2. The van der Waals surface area contributed by atoms with Gasteiger partial charge in [0.1, 0.15) is 13.1 Å². The predicted molar refractivity (Wildman–Crippen MR) is 143 cm³/mol. The Kier molecular flexibility index (Phi) is 7.85. The van der Waals surface area contributed by atoms with E-state index in [1.165, 1.54) is 58.2 Å². The Hall–Kier alpha value is -6.06. The number of rotatable bonds is 0. The van der Waals surface area contributed by atoms with Gasteiger partial charge in [0.25, 0.3) is 23.4 Å². The van der Waals surface area contributed by atoms with Crippen LogP contribution in [0.4, 0.5) is 11.4 Å². The van der Waals surface area contributed by atoms with Gasteiger partial charge in [-0.15, -0.1) is 10.2 Å². The summed E-state index contributed by atoms with van der Waals surface area (Å²) in [7, 11) is 0. The molecule has 16 heteroatoms. The summed E-state index contributed by atoms with van der Waals surface area (Å²) >= 11 is 0. The van der Waals surface area contributed by atoms with E-state index in [-0.39, 0.29) is 48.7 Å². The summed E-state index contributed by atoms with van der Waals surface area (Å²) in [4.78, 5) is 77.0. The Bertz CT molecular complexity index is 1600. The average Bonchev–Trinajstić information content (AvgIpc) is 3.62. The van der Waals surface area contributed by atoms with Gasteiger partial charge in [0, 0.05) is 0 Å². The van der Waals surface area contributed by atoms with Gasteiger partial charge >= 0.3 is 0 Å². The molecule has 1 aliphatic heterocycles. The second-order valence-corrected chi connectivity index (χ2v) is 8.98. The first-order valence-corrected chi connectivity index (χ1v) is 12.5. The van der Waals surface area contributed by atoms with Gasteiger partial charge in [0.05, 0.1) is 59.4 Å². The lowest BCUT2D eigenvalue weighted by Crippen LogP contribution is -2.34. The van der Waals surface area contributed by atoms with E-state index in [9.17, 15) is 28.8 Å². The lowest BCUT2D eigenvalue weighted by atomic mass is 10.1. The number of amides is 4. The quantitative estimate of drug-likeness (QED) is 0.198. The summed E-state index contributed by atoms with van der Waals surface area (Å²) in [6, 6.07) is 11.9. The highest BCUT2D eigenvalue weighted by Gasteiger charge is 2.23. The Morgan fingerprint density at radius 1 is 0.571 bits per heavy atom. The highest BCUT2D eigenvalue weighted by atomic mass is 16.2. The van der Waals surface area contributed by atoms with Gasteiger partial charge in [-0.25, -0.2) is 9.36 Å². The Morgan fingerprint density at radius 2 is 0.976 bits per heavy atom. The minimum Gasteiger partial charge on any atom is -0.343 e. The van der Waals surface area contributed by atoms with Crippen molar-refractivity contribution in [3.63, 3.8) is 0 Å². The fraction of sp³-hybridized carbons (Fsp3) is 0.154. The summed E-state index contributed by atoms with van der Waals surface area (Å²) in [5.74, 6) is -4.92. The summed E-state index contributed by atoms with van der Waals surface area (Å²) in [6.07, 6.45) is 2.62. The van der Waals surface area contributed by atoms with Crippen molar-refractivity contribution in [3.05, 3.63) is 83.4 Å². The minimum atomic E-state index is -0.960. The van der Waals surface area contributed by atoms with Gasteiger partial charge in [-0.2, -0.15) is 0 Å². The molecule has 0 fully saturated rings. The van der Waals surface area contributed by atoms with E-state index in [4.69, 9.17) is 0 Å². The van der Waals surface area contributed by atoms with Crippen LogP contribution in [-0.2, 0) is 45.4 Å². The number of nitrogens with one attached hydrogen (secondary N) is 4. The molecule has 0 spiro atoms. The van der Waals surface area contributed by atoms with Crippen LogP contribution in [0.1, 0.15) is 32.1 Å². The molecule has 0 unspecified atom stereocenters. The van der Waals surface area contributed by atoms with Gasteiger partial charge in [-0.3, -0.25) is 28.8 Å². The average molecular weight is 571 g/mol. The summed E-state index contributed by atoms with van der Waals surface area (Å²) in [6.45, 7) is -1.08. The third kappa shape index (κ3) is 6.06. The molecular weight excluding hydrogens is 548 g/mol. The zero-order valence-corrected chi connectivity index (χ0v) is 21.7. The Morgan fingerprint density at radius 3 is 1.40 bits per heavy atom. The van der Waals surface area contributed by atoms with Crippen LogP contribution in [0.25, 0.3) is 0 Å². The maximum atomic E-state index is 13.0. The van der Waals surface area contributed by atoms with Crippen molar-refractivity contribution in [2.24, 2.45) is 0 Å². The normalized spacial score (nSPS) is 15.3. The molecule has 0 aliphatic carbocycles. The fourth-order valence-corrected chi connectivity index (χ4v) is 4.08. The number of fused-ring (bicyclic) bond motifs is 4. The zero-order chi connectivity index (χ0) is 29.6. The van der Waals surface area contributed by atoms with Crippen molar-refractivity contribution in [2.45, 2.75) is 26.2 Å². The number of Topliss-reactive ketones (excluding diaryl/α,β-unsaturated/α-hetero) is 2. The largest absolute Gasteiger partial charge is 0.343 e. The zero-order valence-electron chi connectivity index (χ0n) is 21.7. The van der Waals surface area contributed by atoms with Crippen LogP contribution in [0.5, 0.6) is 0 Å². The van der Waals surface area contributed by atoms with Crippen molar-refractivity contribution in [1.29, 1.82) is 0 Å². The van der Waals surface area contributed by atoms with Gasteiger partial charge in [0.2, 0.25) is 11.8 Å². The topological polar surface area (TPSA) is 212 Å². The molecule has 1 aliphatic rings. The minimum absolute atomic E-state index is 0.0558. The van der Waals surface area contributed by atoms with E-state index in [0.29, 0.717) is 11.4 Å². The Labute approximate surface area is 236 Å². The van der Waals surface area contributed by atoms with Gasteiger partial charge in [-0.1, -0.05) is 34.7 Å². The first-order chi connectivity index (χ1) is 20.3. The molecule has 0 saturated carbocycles.